The quantitative estimate of drug-likeness (QED) is 0.135. The van der Waals surface area contributed by atoms with Gasteiger partial charge in [-0.2, -0.15) is 0 Å². The SMILES string of the molecule is CC(C)c1cc(N(c2ccccc2)c2cccc3oc(-c4ccccc4)cc23)c2cc3c4c(cc(N(c5ccccc5)C5CC=Cc6oc(-c7ccccc7)cc65)c5ccc1c2c54)CCC3(C)C. The average molecular weight is 881 g/mol. The molecule has 1 atom stereocenters. The first kappa shape index (κ1) is 40.5. The van der Waals surface area contributed by atoms with Gasteiger partial charge in [0.2, 0.25) is 0 Å². The molecule has 0 aliphatic heterocycles. The smallest absolute Gasteiger partial charge is 0.136 e. The van der Waals surface area contributed by atoms with Crippen LogP contribution in [0.5, 0.6) is 0 Å². The van der Waals surface area contributed by atoms with Crippen LogP contribution in [0.4, 0.5) is 28.4 Å². The van der Waals surface area contributed by atoms with Gasteiger partial charge in [-0.1, -0.05) is 149 Å². The maximum absolute atomic E-state index is 6.69. The summed E-state index contributed by atoms with van der Waals surface area (Å²) in [6, 6.07) is 66.5. The van der Waals surface area contributed by atoms with E-state index in [1.807, 2.05) is 0 Å². The van der Waals surface area contributed by atoms with Crippen LogP contribution in [-0.4, -0.2) is 0 Å². The summed E-state index contributed by atoms with van der Waals surface area (Å²) in [5.74, 6) is 2.96. The van der Waals surface area contributed by atoms with Crippen LogP contribution in [0.1, 0.15) is 80.5 Å². The minimum atomic E-state index is -0.0468. The van der Waals surface area contributed by atoms with Crippen molar-refractivity contribution in [2.24, 2.45) is 0 Å². The maximum atomic E-state index is 6.69. The summed E-state index contributed by atoms with van der Waals surface area (Å²) in [6.45, 7) is 9.60. The zero-order valence-electron chi connectivity index (χ0n) is 39.0. The minimum Gasteiger partial charge on any atom is -0.456 e. The number of anilines is 5. The molecule has 0 bridgehead atoms. The zero-order valence-corrected chi connectivity index (χ0v) is 39.0. The second-order valence-electron chi connectivity index (χ2n) is 19.8. The summed E-state index contributed by atoms with van der Waals surface area (Å²) in [5.41, 5.74) is 14.1. The Morgan fingerprint density at radius 3 is 1.91 bits per heavy atom. The normalized spacial score (nSPS) is 15.2. The molecule has 2 heterocycles. The molecule has 0 spiro atoms. The van der Waals surface area contributed by atoms with Gasteiger partial charge in [-0.05, 0) is 136 Å². The van der Waals surface area contributed by atoms with Gasteiger partial charge in [0.25, 0.3) is 0 Å². The summed E-state index contributed by atoms with van der Waals surface area (Å²) in [5, 5.41) is 9.06. The topological polar surface area (TPSA) is 32.8 Å². The predicted molar refractivity (Wildman–Crippen MR) is 285 cm³/mol. The molecule has 0 saturated heterocycles. The van der Waals surface area contributed by atoms with Crippen LogP contribution in [-0.2, 0) is 11.8 Å². The van der Waals surface area contributed by atoms with Gasteiger partial charge in [0.1, 0.15) is 22.9 Å². The Morgan fingerprint density at radius 1 is 0.544 bits per heavy atom. The number of hydrogen-bond acceptors (Lipinski definition) is 4. The summed E-state index contributed by atoms with van der Waals surface area (Å²) >= 11 is 0. The molecule has 0 saturated carbocycles. The lowest BCUT2D eigenvalue weighted by Crippen LogP contribution is -2.27. The average Bonchev–Trinajstić information content (AvgIpc) is 4.03. The van der Waals surface area contributed by atoms with Crippen LogP contribution in [0.25, 0.3) is 72.0 Å². The first-order chi connectivity index (χ1) is 33.3. The van der Waals surface area contributed by atoms with Crippen molar-refractivity contribution in [3.05, 3.63) is 216 Å². The van der Waals surface area contributed by atoms with Crippen molar-refractivity contribution in [1.82, 2.24) is 0 Å². The Hall–Kier alpha value is -7.82. The van der Waals surface area contributed by atoms with Crippen molar-refractivity contribution in [3.8, 4) is 22.6 Å². The highest BCUT2D eigenvalue weighted by molar-refractivity contribution is 6.30. The molecular weight excluding hydrogens is 829 g/mol. The molecule has 13 rings (SSSR count). The fourth-order valence-corrected chi connectivity index (χ4v) is 11.6. The van der Waals surface area contributed by atoms with Crippen LogP contribution >= 0.6 is 0 Å². The lowest BCUT2D eigenvalue weighted by Gasteiger charge is -2.39. The highest BCUT2D eigenvalue weighted by Gasteiger charge is 2.36. The van der Waals surface area contributed by atoms with Crippen LogP contribution in [0.2, 0.25) is 0 Å². The molecule has 2 aliphatic rings. The first-order valence-electron chi connectivity index (χ1n) is 24.3. The lowest BCUT2D eigenvalue weighted by molar-refractivity contribution is 0.475. The Bertz CT molecular complexity index is 3710. The summed E-state index contributed by atoms with van der Waals surface area (Å²) in [4.78, 5) is 5.13. The molecule has 0 radical (unpaired) electrons. The molecular formula is C64H52N2O2. The molecule has 330 valence electrons. The van der Waals surface area contributed by atoms with E-state index in [0.717, 1.165) is 70.0 Å². The van der Waals surface area contributed by atoms with Crippen molar-refractivity contribution < 1.29 is 8.83 Å². The summed E-state index contributed by atoms with van der Waals surface area (Å²) < 4.78 is 13.4. The Morgan fingerprint density at radius 2 is 1.21 bits per heavy atom. The Balaban J connectivity index is 1.12. The molecule has 4 nitrogen and oxygen atoms in total. The van der Waals surface area contributed by atoms with Gasteiger partial charge in [-0.25, -0.2) is 0 Å². The van der Waals surface area contributed by atoms with Crippen molar-refractivity contribution in [2.75, 3.05) is 9.80 Å². The number of benzene rings is 9. The minimum absolute atomic E-state index is 0.00960. The monoisotopic (exact) mass is 880 g/mol. The van der Waals surface area contributed by atoms with Gasteiger partial charge >= 0.3 is 0 Å². The zero-order chi connectivity index (χ0) is 45.7. The molecule has 2 aromatic heterocycles. The second-order valence-corrected chi connectivity index (χ2v) is 19.8. The van der Waals surface area contributed by atoms with Gasteiger partial charge in [0, 0.05) is 55.3 Å². The number of fused-ring (bicyclic) bond motifs is 2. The molecule has 11 aromatic rings. The third-order valence-electron chi connectivity index (χ3n) is 15.0. The molecule has 68 heavy (non-hydrogen) atoms. The van der Waals surface area contributed by atoms with Crippen LogP contribution in [0, 0.1) is 0 Å². The maximum Gasteiger partial charge on any atom is 0.136 e. The van der Waals surface area contributed by atoms with E-state index in [-0.39, 0.29) is 17.4 Å². The molecule has 4 heteroatoms. The van der Waals surface area contributed by atoms with Crippen LogP contribution in [0.3, 0.4) is 0 Å². The number of aryl methyl sites for hydroxylation is 1. The van der Waals surface area contributed by atoms with Gasteiger partial charge in [-0.15, -0.1) is 0 Å². The Kier molecular flexibility index (Phi) is 9.30. The molecule has 0 amide bonds. The van der Waals surface area contributed by atoms with E-state index in [2.05, 4.69) is 232 Å². The van der Waals surface area contributed by atoms with Gasteiger partial charge in [-0.3, -0.25) is 0 Å². The van der Waals surface area contributed by atoms with E-state index in [0.29, 0.717) is 0 Å². The van der Waals surface area contributed by atoms with E-state index in [4.69, 9.17) is 8.83 Å². The van der Waals surface area contributed by atoms with Crippen LogP contribution in [0.15, 0.2) is 197 Å². The number of nitrogens with zero attached hydrogens (tertiary/aromatic N) is 2. The second kappa shape index (κ2) is 15.6. The van der Waals surface area contributed by atoms with E-state index in [1.54, 1.807) is 0 Å². The first-order valence-corrected chi connectivity index (χ1v) is 24.3. The van der Waals surface area contributed by atoms with Gasteiger partial charge in [0.05, 0.1) is 17.4 Å². The summed E-state index contributed by atoms with van der Waals surface area (Å²) in [6.07, 6.45) is 7.39. The standard InChI is InChI=1S/C64H52N2O2/c1-40(2)48-37-56(66(45-25-15-8-16-26-45)54-28-18-30-58-50(54)39-60(68-58)42-21-11-6-12-22-42)51-36-52-61-43(33-34-64(52,3)4)35-55(47-32-31-46(48)62(51)63(47)61)65(44-23-13-7-14-24-44)53-27-17-29-57-49(53)38-59(67-57)41-19-9-5-10-20-41/h5-26,28-32,35-40,53H,27,33-34H2,1-4H3. The van der Waals surface area contributed by atoms with E-state index in [1.165, 1.54) is 71.6 Å². The van der Waals surface area contributed by atoms with E-state index < -0.39 is 0 Å². The largest absolute Gasteiger partial charge is 0.456 e. The molecule has 1 unspecified atom stereocenters. The number of furan rings is 2. The number of para-hydroxylation sites is 2. The fraction of sp³-hybridized carbons (Fsp3) is 0.156. The predicted octanol–water partition coefficient (Wildman–Crippen LogP) is 18.4. The Labute approximate surface area is 397 Å². The lowest BCUT2D eigenvalue weighted by atomic mass is 9.70. The van der Waals surface area contributed by atoms with Crippen molar-refractivity contribution in [1.29, 1.82) is 0 Å². The molecule has 2 aliphatic carbocycles. The molecule has 9 aromatic carbocycles. The molecule has 0 fully saturated rings. The van der Waals surface area contributed by atoms with Crippen LogP contribution < -0.4 is 9.80 Å². The van der Waals surface area contributed by atoms with Gasteiger partial charge in [0.15, 0.2) is 0 Å². The van der Waals surface area contributed by atoms with Gasteiger partial charge < -0.3 is 18.6 Å². The fourth-order valence-electron chi connectivity index (χ4n) is 11.6. The highest BCUT2D eigenvalue weighted by Crippen LogP contribution is 2.55. The van der Waals surface area contributed by atoms with Crippen molar-refractivity contribution in [3.63, 3.8) is 0 Å². The number of hydrogen-bond donors (Lipinski definition) is 0. The van der Waals surface area contributed by atoms with E-state index in [9.17, 15) is 0 Å². The number of rotatable bonds is 9. The summed E-state index contributed by atoms with van der Waals surface area (Å²) in [7, 11) is 0. The highest BCUT2D eigenvalue weighted by atomic mass is 16.3. The van der Waals surface area contributed by atoms with Crippen molar-refractivity contribution in [2.45, 2.75) is 64.3 Å². The third kappa shape index (κ3) is 6.34. The van der Waals surface area contributed by atoms with E-state index >= 15 is 0 Å². The third-order valence-corrected chi connectivity index (χ3v) is 15.0. The molecule has 0 N–H and O–H groups in total. The van der Waals surface area contributed by atoms with Crippen molar-refractivity contribution >= 4 is 77.8 Å².